The molecule has 0 aliphatic carbocycles. The van der Waals surface area contributed by atoms with Crippen LogP contribution >= 0.6 is 11.3 Å². The van der Waals surface area contributed by atoms with Crippen LogP contribution in [0.5, 0.6) is 0 Å². The molecular formula is C20H22N6OS. The van der Waals surface area contributed by atoms with Crippen molar-refractivity contribution >= 4 is 29.0 Å². The number of carbonyl (C=O) groups excluding carboxylic acids is 1. The van der Waals surface area contributed by atoms with E-state index >= 15 is 0 Å². The summed E-state index contributed by atoms with van der Waals surface area (Å²) in [5, 5.41) is 5.10. The molecule has 3 aromatic heterocycles. The van der Waals surface area contributed by atoms with E-state index in [9.17, 15) is 4.79 Å². The van der Waals surface area contributed by atoms with Crippen LogP contribution in [0.15, 0.2) is 42.0 Å². The molecule has 1 aliphatic heterocycles. The van der Waals surface area contributed by atoms with Crippen molar-refractivity contribution in [3.63, 3.8) is 0 Å². The summed E-state index contributed by atoms with van der Waals surface area (Å²) in [5.41, 5.74) is 9.13. The third kappa shape index (κ3) is 3.96. The molecule has 4 heterocycles. The maximum atomic E-state index is 12.9. The zero-order valence-corrected chi connectivity index (χ0v) is 16.4. The quantitative estimate of drug-likeness (QED) is 0.702. The van der Waals surface area contributed by atoms with Crippen LogP contribution in [0.25, 0.3) is 11.3 Å². The first-order valence-corrected chi connectivity index (χ1v) is 10.1. The molecule has 2 amide bonds. The lowest BCUT2D eigenvalue weighted by atomic mass is 9.95. The molecule has 8 heteroatoms. The van der Waals surface area contributed by atoms with Gasteiger partial charge in [-0.15, -0.1) is 11.3 Å². The Bertz CT molecular complexity index is 988. The van der Waals surface area contributed by atoms with Gasteiger partial charge in [0.25, 0.3) is 0 Å². The van der Waals surface area contributed by atoms with Crippen molar-refractivity contribution in [2.24, 2.45) is 0 Å². The Hall–Kier alpha value is -3.00. The number of nitrogens with two attached hydrogens (primary N) is 1. The van der Waals surface area contributed by atoms with Crippen molar-refractivity contribution in [1.82, 2.24) is 19.9 Å². The summed E-state index contributed by atoms with van der Waals surface area (Å²) in [6.07, 6.45) is 5.31. The lowest BCUT2D eigenvalue weighted by molar-refractivity contribution is 0.192. The van der Waals surface area contributed by atoms with E-state index in [4.69, 9.17) is 5.73 Å². The number of hydrogen-bond donors (Lipinski definition) is 2. The molecule has 1 atom stereocenters. The molecule has 0 radical (unpaired) electrons. The van der Waals surface area contributed by atoms with Crippen LogP contribution in [-0.2, 0) is 0 Å². The Morgan fingerprint density at radius 2 is 2.21 bits per heavy atom. The van der Waals surface area contributed by atoms with Crippen molar-refractivity contribution < 1.29 is 4.79 Å². The number of hydrogen-bond acceptors (Lipinski definition) is 6. The van der Waals surface area contributed by atoms with E-state index in [0.717, 1.165) is 42.0 Å². The second kappa shape index (κ2) is 7.93. The maximum Gasteiger partial charge on any atom is 0.321 e. The van der Waals surface area contributed by atoms with E-state index in [1.165, 1.54) is 4.88 Å². The number of piperidine rings is 1. The first-order valence-electron chi connectivity index (χ1n) is 9.25. The Morgan fingerprint density at radius 3 is 3.00 bits per heavy atom. The summed E-state index contributed by atoms with van der Waals surface area (Å²) in [6, 6.07) is 7.56. The van der Waals surface area contributed by atoms with Gasteiger partial charge >= 0.3 is 6.03 Å². The highest BCUT2D eigenvalue weighted by molar-refractivity contribution is 7.10. The minimum atomic E-state index is -0.118. The number of anilines is 2. The van der Waals surface area contributed by atoms with Gasteiger partial charge in [-0.2, -0.15) is 0 Å². The minimum absolute atomic E-state index is 0.118. The summed E-state index contributed by atoms with van der Waals surface area (Å²) in [4.78, 5) is 28.7. The average molecular weight is 395 g/mol. The van der Waals surface area contributed by atoms with Gasteiger partial charge in [0, 0.05) is 47.2 Å². The highest BCUT2D eigenvalue weighted by Gasteiger charge is 2.26. The number of likely N-dealkylation sites (tertiary alicyclic amines) is 1. The first kappa shape index (κ1) is 18.4. The van der Waals surface area contributed by atoms with E-state index in [1.807, 2.05) is 23.1 Å². The molecule has 1 aliphatic rings. The van der Waals surface area contributed by atoms with E-state index in [-0.39, 0.29) is 17.9 Å². The van der Waals surface area contributed by atoms with Crippen LogP contribution < -0.4 is 11.1 Å². The van der Waals surface area contributed by atoms with Crippen LogP contribution in [0, 0.1) is 6.92 Å². The Kier molecular flexibility index (Phi) is 5.21. The number of nitrogen functional groups attached to an aromatic ring is 1. The number of nitrogens with zero attached hydrogens (tertiary/aromatic N) is 4. The van der Waals surface area contributed by atoms with Gasteiger partial charge in [0.05, 0.1) is 17.1 Å². The zero-order chi connectivity index (χ0) is 19.5. The van der Waals surface area contributed by atoms with Gasteiger partial charge in [-0.1, -0.05) is 0 Å². The fraction of sp³-hybridized carbons (Fsp3) is 0.300. The topological polar surface area (TPSA) is 97.0 Å². The van der Waals surface area contributed by atoms with Gasteiger partial charge in [0.1, 0.15) is 0 Å². The second-order valence-electron chi connectivity index (χ2n) is 6.90. The standard InChI is InChI=1S/C20H22N6OS/c1-13-10-15(12-28-13)18-17(5-2-7-22-18)25-20(27)26-9-3-4-14(11-26)16-6-8-23-19(21)24-16/h2,5-8,10,12,14H,3-4,9,11H2,1H3,(H,25,27)(H2,21,23,24). The predicted molar refractivity (Wildman–Crippen MR) is 111 cm³/mol. The van der Waals surface area contributed by atoms with Gasteiger partial charge in [-0.25, -0.2) is 14.8 Å². The van der Waals surface area contributed by atoms with Crippen molar-refractivity contribution in [1.29, 1.82) is 0 Å². The fourth-order valence-electron chi connectivity index (χ4n) is 3.52. The third-order valence-corrected chi connectivity index (χ3v) is 5.74. The largest absolute Gasteiger partial charge is 0.368 e. The van der Waals surface area contributed by atoms with Crippen molar-refractivity contribution in [2.45, 2.75) is 25.7 Å². The van der Waals surface area contributed by atoms with Crippen molar-refractivity contribution in [2.75, 3.05) is 24.1 Å². The highest BCUT2D eigenvalue weighted by atomic mass is 32.1. The van der Waals surface area contributed by atoms with E-state index < -0.39 is 0 Å². The molecule has 1 saturated heterocycles. The van der Waals surface area contributed by atoms with E-state index in [2.05, 4.69) is 38.6 Å². The molecule has 28 heavy (non-hydrogen) atoms. The SMILES string of the molecule is Cc1cc(-c2ncccc2NC(=O)N2CCCC(c3ccnc(N)n3)C2)cs1. The van der Waals surface area contributed by atoms with Crippen LogP contribution in [0.1, 0.15) is 29.3 Å². The average Bonchev–Trinajstić information content (AvgIpc) is 3.14. The smallest absolute Gasteiger partial charge is 0.321 e. The van der Waals surface area contributed by atoms with Gasteiger partial charge in [0.2, 0.25) is 5.95 Å². The molecule has 0 bridgehead atoms. The summed E-state index contributed by atoms with van der Waals surface area (Å²) in [6.45, 7) is 3.38. The van der Waals surface area contributed by atoms with Crippen LogP contribution in [-0.4, -0.2) is 39.0 Å². The predicted octanol–water partition coefficient (Wildman–Crippen LogP) is 3.90. The minimum Gasteiger partial charge on any atom is -0.368 e. The molecule has 0 spiro atoms. The maximum absolute atomic E-state index is 12.9. The van der Waals surface area contributed by atoms with Gasteiger partial charge < -0.3 is 16.0 Å². The molecule has 7 nitrogen and oxygen atoms in total. The molecule has 3 N–H and O–H groups in total. The van der Waals surface area contributed by atoms with Crippen molar-refractivity contribution in [3.8, 4) is 11.3 Å². The molecular weight excluding hydrogens is 372 g/mol. The number of nitrogens with one attached hydrogen (secondary N) is 1. The number of pyridine rings is 1. The molecule has 0 aromatic carbocycles. The molecule has 1 unspecified atom stereocenters. The van der Waals surface area contributed by atoms with Gasteiger partial charge in [-0.3, -0.25) is 4.98 Å². The number of carbonyl (C=O) groups is 1. The number of aryl methyl sites for hydroxylation is 1. The highest BCUT2D eigenvalue weighted by Crippen LogP contribution is 2.30. The Labute approximate surface area is 167 Å². The summed E-state index contributed by atoms with van der Waals surface area (Å²) >= 11 is 1.67. The molecule has 3 aromatic rings. The van der Waals surface area contributed by atoms with Crippen LogP contribution in [0.4, 0.5) is 16.4 Å². The molecule has 0 saturated carbocycles. The van der Waals surface area contributed by atoms with Gasteiger partial charge in [0.15, 0.2) is 0 Å². The summed E-state index contributed by atoms with van der Waals surface area (Å²) in [5.74, 6) is 0.433. The summed E-state index contributed by atoms with van der Waals surface area (Å²) < 4.78 is 0. The molecule has 1 fully saturated rings. The number of urea groups is 1. The Morgan fingerprint density at radius 1 is 1.32 bits per heavy atom. The normalized spacial score (nSPS) is 16.8. The zero-order valence-electron chi connectivity index (χ0n) is 15.6. The molecule has 4 rings (SSSR count). The number of amides is 2. The number of thiophene rings is 1. The number of aromatic nitrogens is 3. The lowest BCUT2D eigenvalue weighted by Crippen LogP contribution is -2.41. The third-order valence-electron chi connectivity index (χ3n) is 4.88. The lowest BCUT2D eigenvalue weighted by Gasteiger charge is -2.32. The summed E-state index contributed by atoms with van der Waals surface area (Å²) in [7, 11) is 0. The second-order valence-corrected chi connectivity index (χ2v) is 8.02. The monoisotopic (exact) mass is 394 g/mol. The Balaban J connectivity index is 1.50. The molecule has 144 valence electrons. The fourth-order valence-corrected chi connectivity index (χ4v) is 4.20. The number of rotatable bonds is 3. The van der Waals surface area contributed by atoms with E-state index in [1.54, 1.807) is 23.7 Å². The van der Waals surface area contributed by atoms with Crippen LogP contribution in [0.2, 0.25) is 0 Å². The first-order chi connectivity index (χ1) is 13.6. The van der Waals surface area contributed by atoms with Crippen molar-refractivity contribution in [3.05, 3.63) is 52.6 Å². The van der Waals surface area contributed by atoms with Gasteiger partial charge in [-0.05, 0) is 44.0 Å². The van der Waals surface area contributed by atoms with Crippen LogP contribution in [0.3, 0.4) is 0 Å². The van der Waals surface area contributed by atoms with E-state index in [0.29, 0.717) is 6.54 Å².